The zero-order chi connectivity index (χ0) is 8.95. The largest absolute Gasteiger partial charge is 0.330 e. The van der Waals surface area contributed by atoms with Crippen LogP contribution >= 0.6 is 0 Å². The molecule has 0 bridgehead atoms. The molecule has 4 N–H and O–H groups in total. The van der Waals surface area contributed by atoms with Crippen LogP contribution in [0.1, 0.15) is 46.0 Å². The van der Waals surface area contributed by atoms with Crippen LogP contribution in [0.25, 0.3) is 0 Å². The van der Waals surface area contributed by atoms with Gasteiger partial charge in [0.15, 0.2) is 0 Å². The fourth-order valence-corrected chi connectivity index (χ4v) is 0.618. The van der Waals surface area contributed by atoms with E-state index in [4.69, 9.17) is 11.5 Å². The van der Waals surface area contributed by atoms with Gasteiger partial charge in [-0.15, -0.1) is 0 Å². The highest BCUT2D eigenvalue weighted by Gasteiger charge is 1.75. The number of rotatable bonds is 5. The van der Waals surface area contributed by atoms with Gasteiger partial charge in [0.25, 0.3) is 0 Å². The number of hydrogen-bond acceptors (Lipinski definition) is 2. The first-order valence-electron chi connectivity index (χ1n) is 4.73. The maximum absolute atomic E-state index is 5.06. The summed E-state index contributed by atoms with van der Waals surface area (Å²) in [7, 11) is 0. The van der Waals surface area contributed by atoms with Crippen LogP contribution in [0.2, 0.25) is 0 Å². The summed E-state index contributed by atoms with van der Waals surface area (Å²) in [4.78, 5) is 0. The summed E-state index contributed by atoms with van der Waals surface area (Å²) < 4.78 is 0. The highest BCUT2D eigenvalue weighted by atomic mass is 14.6. The van der Waals surface area contributed by atoms with E-state index in [1.165, 1.54) is 25.7 Å². The van der Waals surface area contributed by atoms with Crippen LogP contribution in [0, 0.1) is 0 Å². The van der Waals surface area contributed by atoms with Crippen molar-refractivity contribution in [2.75, 3.05) is 13.1 Å². The molecule has 0 spiro atoms. The highest BCUT2D eigenvalue weighted by molar-refractivity contribution is 4.33. The van der Waals surface area contributed by atoms with Crippen LogP contribution in [-0.2, 0) is 0 Å². The van der Waals surface area contributed by atoms with Crippen molar-refractivity contribution in [3.8, 4) is 0 Å². The third kappa shape index (κ3) is 25.7. The lowest BCUT2D eigenvalue weighted by atomic mass is 10.2. The maximum Gasteiger partial charge on any atom is -0.00653 e. The van der Waals surface area contributed by atoms with Crippen LogP contribution in [0.4, 0.5) is 0 Å². The number of hydrogen-bond donors (Lipinski definition) is 2. The minimum Gasteiger partial charge on any atom is -0.330 e. The molecule has 0 aliphatic carbocycles. The van der Waals surface area contributed by atoms with Crippen molar-refractivity contribution in [1.29, 1.82) is 0 Å². The summed E-state index contributed by atoms with van der Waals surface area (Å²) in [6.45, 7) is 5.90. The SMILES string of the molecule is CCCCCC.NCCCN. The molecule has 2 nitrogen and oxygen atoms in total. The molecule has 0 aliphatic rings. The van der Waals surface area contributed by atoms with Crippen LogP contribution in [0.5, 0.6) is 0 Å². The van der Waals surface area contributed by atoms with Gasteiger partial charge in [0, 0.05) is 0 Å². The van der Waals surface area contributed by atoms with Crippen molar-refractivity contribution in [2.45, 2.75) is 46.0 Å². The lowest BCUT2D eigenvalue weighted by Crippen LogP contribution is -2.06. The van der Waals surface area contributed by atoms with Gasteiger partial charge in [-0.3, -0.25) is 0 Å². The monoisotopic (exact) mass is 160 g/mol. The molecular weight excluding hydrogens is 136 g/mol. The molecule has 0 atom stereocenters. The quantitative estimate of drug-likeness (QED) is 0.603. The van der Waals surface area contributed by atoms with Crippen molar-refractivity contribution in [2.24, 2.45) is 11.5 Å². The first-order chi connectivity index (χ1) is 5.33. The van der Waals surface area contributed by atoms with E-state index in [-0.39, 0.29) is 0 Å². The molecule has 0 unspecified atom stereocenters. The maximum atomic E-state index is 5.06. The molecular formula is C9H24N2. The van der Waals surface area contributed by atoms with Crippen LogP contribution in [0.15, 0.2) is 0 Å². The zero-order valence-electron chi connectivity index (χ0n) is 8.10. The Bertz CT molecular complexity index is 40.8. The summed E-state index contributed by atoms with van der Waals surface area (Å²) in [5.74, 6) is 0. The molecule has 0 amide bonds. The van der Waals surface area contributed by atoms with Crippen molar-refractivity contribution in [3.05, 3.63) is 0 Å². The molecule has 0 aromatic heterocycles. The molecule has 11 heavy (non-hydrogen) atoms. The van der Waals surface area contributed by atoms with Gasteiger partial charge >= 0.3 is 0 Å². The Morgan fingerprint density at radius 2 is 1.09 bits per heavy atom. The molecule has 0 radical (unpaired) electrons. The molecule has 70 valence electrons. The van der Waals surface area contributed by atoms with Crippen LogP contribution < -0.4 is 11.5 Å². The Morgan fingerprint density at radius 1 is 0.727 bits per heavy atom. The Balaban J connectivity index is 0. The van der Waals surface area contributed by atoms with Gasteiger partial charge in [0.05, 0.1) is 0 Å². The van der Waals surface area contributed by atoms with Crippen molar-refractivity contribution in [3.63, 3.8) is 0 Å². The predicted octanol–water partition coefficient (Wildman–Crippen LogP) is 1.88. The standard InChI is InChI=1S/C6H14.C3H10N2/c1-3-5-6-4-2;4-2-1-3-5/h3-6H2,1-2H3;1-5H2. The molecule has 0 heterocycles. The van der Waals surface area contributed by atoms with Gasteiger partial charge in [-0.1, -0.05) is 39.5 Å². The van der Waals surface area contributed by atoms with Gasteiger partial charge < -0.3 is 11.5 Å². The normalized spacial score (nSPS) is 8.73. The minimum atomic E-state index is 0.719. The lowest BCUT2D eigenvalue weighted by molar-refractivity contribution is 0.702. The Morgan fingerprint density at radius 3 is 1.18 bits per heavy atom. The molecule has 0 aliphatic heterocycles. The third-order valence-electron chi connectivity index (χ3n) is 1.37. The van der Waals surface area contributed by atoms with Crippen molar-refractivity contribution < 1.29 is 0 Å². The van der Waals surface area contributed by atoms with Gasteiger partial charge in [-0.2, -0.15) is 0 Å². The molecule has 0 fully saturated rings. The Kier molecular flexibility index (Phi) is 20.2. The van der Waals surface area contributed by atoms with Crippen molar-refractivity contribution in [1.82, 2.24) is 0 Å². The van der Waals surface area contributed by atoms with E-state index >= 15 is 0 Å². The van der Waals surface area contributed by atoms with E-state index in [1.54, 1.807) is 0 Å². The first kappa shape index (κ1) is 13.5. The number of nitrogens with two attached hydrogens (primary N) is 2. The molecule has 0 saturated carbocycles. The fraction of sp³-hybridized carbons (Fsp3) is 1.00. The van der Waals surface area contributed by atoms with E-state index in [0.29, 0.717) is 0 Å². The van der Waals surface area contributed by atoms with E-state index in [1.807, 2.05) is 0 Å². The van der Waals surface area contributed by atoms with Crippen LogP contribution in [-0.4, -0.2) is 13.1 Å². The summed E-state index contributed by atoms with van der Waals surface area (Å²) in [6, 6.07) is 0. The second kappa shape index (κ2) is 16.5. The van der Waals surface area contributed by atoms with E-state index < -0.39 is 0 Å². The second-order valence-corrected chi connectivity index (χ2v) is 2.64. The molecule has 2 heteroatoms. The van der Waals surface area contributed by atoms with Crippen LogP contribution in [0.3, 0.4) is 0 Å². The average Bonchev–Trinajstić information content (AvgIpc) is 2.04. The van der Waals surface area contributed by atoms with Gasteiger partial charge in [0.2, 0.25) is 0 Å². The highest BCUT2D eigenvalue weighted by Crippen LogP contribution is 1.95. The van der Waals surface area contributed by atoms with E-state index in [9.17, 15) is 0 Å². The van der Waals surface area contributed by atoms with Gasteiger partial charge in [-0.25, -0.2) is 0 Å². The van der Waals surface area contributed by atoms with E-state index in [0.717, 1.165) is 19.5 Å². The summed E-state index contributed by atoms with van der Waals surface area (Å²) in [6.07, 6.45) is 6.48. The Hall–Kier alpha value is -0.0800. The molecule has 0 saturated heterocycles. The minimum absolute atomic E-state index is 0.719. The lowest BCUT2D eigenvalue weighted by Gasteiger charge is -1.86. The molecule has 0 rings (SSSR count). The van der Waals surface area contributed by atoms with E-state index in [2.05, 4.69) is 13.8 Å². The fourth-order valence-electron chi connectivity index (χ4n) is 0.618. The topological polar surface area (TPSA) is 52.0 Å². The third-order valence-corrected chi connectivity index (χ3v) is 1.37. The molecule has 0 aromatic rings. The summed E-state index contributed by atoms with van der Waals surface area (Å²) in [5.41, 5.74) is 10.1. The molecule has 0 aromatic carbocycles. The summed E-state index contributed by atoms with van der Waals surface area (Å²) >= 11 is 0. The van der Waals surface area contributed by atoms with Crippen molar-refractivity contribution >= 4 is 0 Å². The second-order valence-electron chi connectivity index (χ2n) is 2.64. The van der Waals surface area contributed by atoms with Gasteiger partial charge in [-0.05, 0) is 19.5 Å². The Labute approximate surface area is 71.3 Å². The smallest absolute Gasteiger partial charge is 0.00653 e. The average molecular weight is 160 g/mol. The zero-order valence-corrected chi connectivity index (χ0v) is 8.10. The number of unbranched alkanes of at least 4 members (excludes halogenated alkanes) is 3. The van der Waals surface area contributed by atoms with Gasteiger partial charge in [0.1, 0.15) is 0 Å². The first-order valence-corrected chi connectivity index (χ1v) is 4.73. The predicted molar refractivity (Wildman–Crippen MR) is 52.5 cm³/mol. The summed E-state index contributed by atoms with van der Waals surface area (Å²) in [5, 5.41) is 0.